The Balaban J connectivity index is 1.56. The third-order valence-electron chi connectivity index (χ3n) is 3.36. The Bertz CT molecular complexity index is 226. The van der Waals surface area contributed by atoms with Crippen LogP contribution >= 0.6 is 0 Å². The molecule has 1 aliphatic carbocycles. The van der Waals surface area contributed by atoms with Crippen molar-refractivity contribution >= 4 is 5.78 Å². The van der Waals surface area contributed by atoms with Crippen LogP contribution in [0.1, 0.15) is 26.2 Å². The predicted octanol–water partition coefficient (Wildman–Crippen LogP) is 1.32. The second-order valence-electron chi connectivity index (χ2n) is 4.94. The van der Waals surface area contributed by atoms with Crippen molar-refractivity contribution in [1.29, 1.82) is 0 Å². The molecule has 0 aromatic rings. The lowest BCUT2D eigenvalue weighted by molar-refractivity contribution is -0.125. The number of ketones is 1. The fourth-order valence-electron chi connectivity index (χ4n) is 2.03. The van der Waals surface area contributed by atoms with E-state index in [0.717, 1.165) is 45.2 Å². The highest BCUT2D eigenvalue weighted by molar-refractivity contribution is 5.81. The number of piperidine rings is 1. The summed E-state index contributed by atoms with van der Waals surface area (Å²) < 4.78 is 5.60. The first-order chi connectivity index (χ1) is 7.25. The summed E-state index contributed by atoms with van der Waals surface area (Å²) in [5.74, 6) is 1.50. The predicted molar refractivity (Wildman–Crippen MR) is 58.8 cm³/mol. The third-order valence-corrected chi connectivity index (χ3v) is 3.36. The number of likely N-dealkylation sites (tertiary alicyclic amines) is 1. The number of rotatable bonds is 5. The van der Waals surface area contributed by atoms with Crippen molar-refractivity contribution in [2.24, 2.45) is 11.8 Å². The summed E-state index contributed by atoms with van der Waals surface area (Å²) in [6.45, 7) is 6.64. The summed E-state index contributed by atoms with van der Waals surface area (Å²) in [5, 5.41) is 0. The second-order valence-corrected chi connectivity index (χ2v) is 4.94. The Kier molecular flexibility index (Phi) is 3.76. The van der Waals surface area contributed by atoms with E-state index in [1.807, 2.05) is 6.92 Å². The molecule has 86 valence electrons. The van der Waals surface area contributed by atoms with Crippen molar-refractivity contribution in [2.45, 2.75) is 26.2 Å². The van der Waals surface area contributed by atoms with E-state index in [4.69, 9.17) is 4.74 Å². The molecule has 1 atom stereocenters. The van der Waals surface area contributed by atoms with Gasteiger partial charge in [0.1, 0.15) is 5.78 Å². The molecule has 1 unspecified atom stereocenters. The Labute approximate surface area is 91.8 Å². The Morgan fingerprint density at radius 2 is 2.27 bits per heavy atom. The van der Waals surface area contributed by atoms with Crippen LogP contribution in [0.3, 0.4) is 0 Å². The van der Waals surface area contributed by atoms with Crippen molar-refractivity contribution in [3.8, 4) is 0 Å². The molecule has 0 radical (unpaired) electrons. The van der Waals surface area contributed by atoms with E-state index in [1.54, 1.807) is 0 Å². The molecule has 3 nitrogen and oxygen atoms in total. The number of nitrogens with zero attached hydrogens (tertiary/aromatic N) is 1. The maximum Gasteiger partial charge on any atom is 0.138 e. The largest absolute Gasteiger partial charge is 0.380 e. The lowest BCUT2D eigenvalue weighted by Gasteiger charge is -2.29. The molecule has 1 saturated carbocycles. The molecule has 0 aromatic carbocycles. The molecule has 0 amide bonds. The number of carbonyl (C=O) groups is 1. The smallest absolute Gasteiger partial charge is 0.138 e. The van der Waals surface area contributed by atoms with E-state index < -0.39 is 0 Å². The number of Topliss-reactive ketones (excluding diaryl/α,β-unsaturated/α-hetero) is 1. The van der Waals surface area contributed by atoms with Crippen LogP contribution in [-0.4, -0.2) is 43.5 Å². The van der Waals surface area contributed by atoms with Crippen LogP contribution in [0.2, 0.25) is 0 Å². The summed E-state index contributed by atoms with van der Waals surface area (Å²) in [6, 6.07) is 0. The average Bonchev–Trinajstić information content (AvgIpc) is 3.02. The highest BCUT2D eigenvalue weighted by Gasteiger charge is 2.24. The molecule has 0 aromatic heterocycles. The molecule has 2 fully saturated rings. The van der Waals surface area contributed by atoms with Gasteiger partial charge in [-0.25, -0.2) is 0 Å². The van der Waals surface area contributed by atoms with Gasteiger partial charge in [0.15, 0.2) is 0 Å². The Morgan fingerprint density at radius 1 is 1.47 bits per heavy atom. The zero-order valence-corrected chi connectivity index (χ0v) is 9.58. The highest BCUT2D eigenvalue weighted by Crippen LogP contribution is 2.28. The molecule has 0 N–H and O–H groups in total. The fourth-order valence-corrected chi connectivity index (χ4v) is 2.03. The van der Waals surface area contributed by atoms with Crippen LogP contribution in [-0.2, 0) is 9.53 Å². The lowest BCUT2D eigenvalue weighted by Crippen LogP contribution is -2.41. The molecule has 1 saturated heterocycles. The van der Waals surface area contributed by atoms with Crippen molar-refractivity contribution in [3.63, 3.8) is 0 Å². The lowest BCUT2D eigenvalue weighted by atomic mass is 9.99. The quantitative estimate of drug-likeness (QED) is 0.642. The van der Waals surface area contributed by atoms with Gasteiger partial charge in [-0.05, 0) is 18.8 Å². The van der Waals surface area contributed by atoms with Gasteiger partial charge in [0.05, 0.1) is 6.61 Å². The summed E-state index contributed by atoms with van der Waals surface area (Å²) >= 11 is 0. The van der Waals surface area contributed by atoms with Crippen LogP contribution in [0.4, 0.5) is 0 Å². The zero-order valence-electron chi connectivity index (χ0n) is 9.58. The fraction of sp³-hybridized carbons (Fsp3) is 0.917. The minimum atomic E-state index is 0.224. The van der Waals surface area contributed by atoms with Gasteiger partial charge in [-0.1, -0.05) is 6.92 Å². The monoisotopic (exact) mass is 211 g/mol. The molecule has 2 aliphatic rings. The number of hydrogen-bond donors (Lipinski definition) is 0. The van der Waals surface area contributed by atoms with E-state index in [0.29, 0.717) is 5.78 Å². The SMILES string of the molecule is CC1CN(CCOCC2CC2)CCC1=O. The van der Waals surface area contributed by atoms with Gasteiger partial charge in [0, 0.05) is 38.6 Å². The average molecular weight is 211 g/mol. The number of ether oxygens (including phenoxy) is 1. The molecular formula is C12H21NO2. The molecule has 0 spiro atoms. The van der Waals surface area contributed by atoms with E-state index in [1.165, 1.54) is 12.8 Å². The van der Waals surface area contributed by atoms with Gasteiger partial charge in [-0.2, -0.15) is 0 Å². The molecule has 3 heteroatoms. The van der Waals surface area contributed by atoms with Crippen molar-refractivity contribution in [2.75, 3.05) is 32.8 Å². The second kappa shape index (κ2) is 5.08. The van der Waals surface area contributed by atoms with E-state index in [9.17, 15) is 4.79 Å². The van der Waals surface area contributed by atoms with Crippen LogP contribution in [0.15, 0.2) is 0 Å². The first-order valence-corrected chi connectivity index (χ1v) is 6.08. The highest BCUT2D eigenvalue weighted by atomic mass is 16.5. The van der Waals surface area contributed by atoms with Gasteiger partial charge >= 0.3 is 0 Å². The molecule has 2 rings (SSSR count). The van der Waals surface area contributed by atoms with Gasteiger partial charge < -0.3 is 4.74 Å². The minimum Gasteiger partial charge on any atom is -0.380 e. The topological polar surface area (TPSA) is 29.5 Å². The van der Waals surface area contributed by atoms with Crippen LogP contribution in [0, 0.1) is 11.8 Å². The maximum absolute atomic E-state index is 11.3. The minimum absolute atomic E-state index is 0.224. The summed E-state index contributed by atoms with van der Waals surface area (Å²) in [4.78, 5) is 13.7. The number of carbonyl (C=O) groups excluding carboxylic acids is 1. The van der Waals surface area contributed by atoms with Crippen molar-refractivity contribution in [1.82, 2.24) is 4.90 Å². The van der Waals surface area contributed by atoms with Crippen LogP contribution < -0.4 is 0 Å². The van der Waals surface area contributed by atoms with E-state index in [2.05, 4.69) is 4.90 Å². The summed E-state index contributed by atoms with van der Waals surface area (Å²) in [6.07, 6.45) is 3.44. The van der Waals surface area contributed by atoms with Crippen molar-refractivity contribution < 1.29 is 9.53 Å². The third kappa shape index (κ3) is 3.58. The Hall–Kier alpha value is -0.410. The summed E-state index contributed by atoms with van der Waals surface area (Å²) in [5.41, 5.74) is 0. The normalized spacial score (nSPS) is 28.3. The van der Waals surface area contributed by atoms with Gasteiger partial charge in [0.25, 0.3) is 0 Å². The van der Waals surface area contributed by atoms with Crippen LogP contribution in [0.5, 0.6) is 0 Å². The van der Waals surface area contributed by atoms with Gasteiger partial charge in [0.2, 0.25) is 0 Å². The van der Waals surface area contributed by atoms with Gasteiger partial charge in [-0.15, -0.1) is 0 Å². The standard InChI is InChI=1S/C12H21NO2/c1-10-8-13(5-4-12(10)14)6-7-15-9-11-2-3-11/h10-11H,2-9H2,1H3. The summed E-state index contributed by atoms with van der Waals surface area (Å²) in [7, 11) is 0. The molecule has 0 bridgehead atoms. The molecule has 1 heterocycles. The Morgan fingerprint density at radius 3 is 2.93 bits per heavy atom. The zero-order chi connectivity index (χ0) is 10.7. The molecule has 15 heavy (non-hydrogen) atoms. The van der Waals surface area contributed by atoms with Gasteiger partial charge in [-0.3, -0.25) is 9.69 Å². The van der Waals surface area contributed by atoms with E-state index in [-0.39, 0.29) is 5.92 Å². The van der Waals surface area contributed by atoms with E-state index >= 15 is 0 Å². The number of hydrogen-bond acceptors (Lipinski definition) is 3. The molecular weight excluding hydrogens is 190 g/mol. The van der Waals surface area contributed by atoms with Crippen molar-refractivity contribution in [3.05, 3.63) is 0 Å². The first kappa shape index (κ1) is 11.1. The molecule has 1 aliphatic heterocycles. The van der Waals surface area contributed by atoms with Crippen LogP contribution in [0.25, 0.3) is 0 Å². The first-order valence-electron chi connectivity index (χ1n) is 6.08. The maximum atomic E-state index is 11.3.